The molecule has 1 aliphatic heterocycles. The lowest BCUT2D eigenvalue weighted by atomic mass is 10.1. The van der Waals surface area contributed by atoms with Crippen LogP contribution in [0.2, 0.25) is 0 Å². The number of aromatic hydroxyl groups is 1. The molecule has 1 fully saturated rings. The molecule has 0 aromatic heterocycles. The van der Waals surface area contributed by atoms with Crippen LogP contribution in [-0.4, -0.2) is 59.9 Å². The van der Waals surface area contributed by atoms with Gasteiger partial charge in [-0.2, -0.15) is 0 Å². The highest BCUT2D eigenvalue weighted by atomic mass is 16.5. The highest BCUT2D eigenvalue weighted by molar-refractivity contribution is 5.95. The third-order valence-corrected chi connectivity index (χ3v) is 3.05. The van der Waals surface area contributed by atoms with Gasteiger partial charge in [-0.3, -0.25) is 4.79 Å². The van der Waals surface area contributed by atoms with Crippen LogP contribution in [0.4, 0.5) is 0 Å². The van der Waals surface area contributed by atoms with Gasteiger partial charge in [0.2, 0.25) is 0 Å². The molecule has 2 N–H and O–H groups in total. The van der Waals surface area contributed by atoms with Gasteiger partial charge in [0.15, 0.2) is 17.6 Å². The van der Waals surface area contributed by atoms with Crippen molar-refractivity contribution in [3.8, 4) is 11.5 Å². The standard InChI is InChI=1S/C13H15NO6/c1-19-10-3-2-8(6-9(10)15)12(16)14-4-5-20-11(7-14)13(17)18/h2-3,6,11,15H,4-5,7H2,1H3,(H,17,18). The van der Waals surface area contributed by atoms with E-state index in [1.54, 1.807) is 0 Å². The predicted octanol–water partition coefficient (Wildman–Crippen LogP) is 0.326. The number of aliphatic carboxylic acids is 1. The van der Waals surface area contributed by atoms with Crippen LogP contribution in [-0.2, 0) is 9.53 Å². The van der Waals surface area contributed by atoms with Crippen LogP contribution in [0.25, 0.3) is 0 Å². The molecule has 0 radical (unpaired) electrons. The maximum absolute atomic E-state index is 12.2. The molecule has 7 nitrogen and oxygen atoms in total. The lowest BCUT2D eigenvalue weighted by Gasteiger charge is -2.31. The number of ether oxygens (including phenoxy) is 2. The molecule has 20 heavy (non-hydrogen) atoms. The van der Waals surface area contributed by atoms with Gasteiger partial charge in [0.25, 0.3) is 5.91 Å². The highest BCUT2D eigenvalue weighted by Crippen LogP contribution is 2.27. The molecule has 7 heteroatoms. The molecule has 0 saturated carbocycles. The number of phenols is 1. The van der Waals surface area contributed by atoms with Crippen molar-refractivity contribution in [2.45, 2.75) is 6.10 Å². The Labute approximate surface area is 115 Å². The van der Waals surface area contributed by atoms with Crippen molar-refractivity contribution in [3.05, 3.63) is 23.8 Å². The average molecular weight is 281 g/mol. The molecule has 108 valence electrons. The molecule has 1 unspecified atom stereocenters. The van der Waals surface area contributed by atoms with Crippen LogP contribution in [0.15, 0.2) is 18.2 Å². The van der Waals surface area contributed by atoms with Crippen molar-refractivity contribution < 1.29 is 29.3 Å². The fourth-order valence-corrected chi connectivity index (χ4v) is 1.99. The van der Waals surface area contributed by atoms with Gasteiger partial charge >= 0.3 is 5.97 Å². The highest BCUT2D eigenvalue weighted by Gasteiger charge is 2.29. The number of phenolic OH excluding ortho intramolecular Hbond substituents is 1. The van der Waals surface area contributed by atoms with Crippen LogP contribution < -0.4 is 4.74 Å². The van der Waals surface area contributed by atoms with Gasteiger partial charge in [-0.05, 0) is 18.2 Å². The first-order valence-corrected chi connectivity index (χ1v) is 6.03. The Balaban J connectivity index is 2.14. The van der Waals surface area contributed by atoms with E-state index in [1.165, 1.54) is 30.2 Å². The summed E-state index contributed by atoms with van der Waals surface area (Å²) in [5, 5.41) is 18.6. The summed E-state index contributed by atoms with van der Waals surface area (Å²) in [6, 6.07) is 4.30. The van der Waals surface area contributed by atoms with E-state index in [2.05, 4.69) is 0 Å². The smallest absolute Gasteiger partial charge is 0.334 e. The number of carboxylic acids is 1. The van der Waals surface area contributed by atoms with Gasteiger partial charge in [-0.1, -0.05) is 0 Å². The van der Waals surface area contributed by atoms with Crippen molar-refractivity contribution in [2.24, 2.45) is 0 Å². The number of methoxy groups -OCH3 is 1. The average Bonchev–Trinajstić information content (AvgIpc) is 2.46. The third-order valence-electron chi connectivity index (χ3n) is 3.05. The third kappa shape index (κ3) is 2.83. The Kier molecular flexibility index (Phi) is 4.09. The lowest BCUT2D eigenvalue weighted by Crippen LogP contribution is -2.48. The van der Waals surface area contributed by atoms with E-state index in [0.29, 0.717) is 6.54 Å². The monoisotopic (exact) mass is 281 g/mol. The van der Waals surface area contributed by atoms with Gasteiger partial charge in [0.1, 0.15) is 0 Å². The van der Waals surface area contributed by atoms with Crippen LogP contribution in [0.1, 0.15) is 10.4 Å². The zero-order valence-corrected chi connectivity index (χ0v) is 10.9. The van der Waals surface area contributed by atoms with Gasteiger partial charge in [-0.25, -0.2) is 4.79 Å². The van der Waals surface area contributed by atoms with Crippen molar-refractivity contribution in [2.75, 3.05) is 26.8 Å². The van der Waals surface area contributed by atoms with Crippen molar-refractivity contribution in [1.82, 2.24) is 4.90 Å². The fraction of sp³-hybridized carbons (Fsp3) is 0.385. The number of benzene rings is 1. The van der Waals surface area contributed by atoms with Crippen molar-refractivity contribution >= 4 is 11.9 Å². The minimum atomic E-state index is -1.10. The number of morpholine rings is 1. The van der Waals surface area contributed by atoms with Crippen molar-refractivity contribution in [3.63, 3.8) is 0 Å². The lowest BCUT2D eigenvalue weighted by molar-refractivity contribution is -0.154. The van der Waals surface area contributed by atoms with Gasteiger partial charge in [0, 0.05) is 12.1 Å². The molecule has 0 bridgehead atoms. The molecular weight excluding hydrogens is 266 g/mol. The van der Waals surface area contributed by atoms with E-state index in [-0.39, 0.29) is 36.1 Å². The minimum absolute atomic E-state index is 0.0129. The summed E-state index contributed by atoms with van der Waals surface area (Å²) in [5.74, 6) is -1.31. The number of carboxylic acid groups (broad SMARTS) is 1. The predicted molar refractivity (Wildman–Crippen MR) is 67.9 cm³/mol. The van der Waals surface area contributed by atoms with E-state index in [1.807, 2.05) is 0 Å². The van der Waals surface area contributed by atoms with E-state index in [0.717, 1.165) is 0 Å². The first-order chi connectivity index (χ1) is 9.52. The van der Waals surface area contributed by atoms with E-state index >= 15 is 0 Å². The number of amides is 1. The molecule has 0 aliphatic carbocycles. The number of carbonyl (C=O) groups excluding carboxylic acids is 1. The van der Waals surface area contributed by atoms with Crippen LogP contribution in [0.3, 0.4) is 0 Å². The maximum Gasteiger partial charge on any atom is 0.334 e. The summed E-state index contributed by atoms with van der Waals surface area (Å²) in [6.45, 7) is 0.473. The molecule has 1 amide bonds. The summed E-state index contributed by atoms with van der Waals surface area (Å²) >= 11 is 0. The zero-order valence-electron chi connectivity index (χ0n) is 10.9. The molecule has 1 aliphatic rings. The van der Waals surface area contributed by atoms with Crippen LogP contribution >= 0.6 is 0 Å². The summed E-state index contributed by atoms with van der Waals surface area (Å²) in [7, 11) is 1.41. The van der Waals surface area contributed by atoms with E-state index in [4.69, 9.17) is 14.6 Å². The Morgan fingerprint density at radius 1 is 1.45 bits per heavy atom. The van der Waals surface area contributed by atoms with Gasteiger partial charge in [-0.15, -0.1) is 0 Å². The van der Waals surface area contributed by atoms with Gasteiger partial charge in [0.05, 0.1) is 20.3 Å². The summed E-state index contributed by atoms with van der Waals surface area (Å²) in [5.41, 5.74) is 0.273. The number of nitrogens with zero attached hydrogens (tertiary/aromatic N) is 1. The summed E-state index contributed by atoms with van der Waals surface area (Å²) in [4.78, 5) is 24.5. The minimum Gasteiger partial charge on any atom is -0.504 e. The Morgan fingerprint density at radius 3 is 2.80 bits per heavy atom. The zero-order chi connectivity index (χ0) is 14.7. The van der Waals surface area contributed by atoms with Gasteiger partial charge < -0.3 is 24.6 Å². The largest absolute Gasteiger partial charge is 0.504 e. The second-order valence-corrected chi connectivity index (χ2v) is 4.34. The number of carbonyl (C=O) groups is 2. The Morgan fingerprint density at radius 2 is 2.20 bits per heavy atom. The molecular formula is C13H15NO6. The second-order valence-electron chi connectivity index (χ2n) is 4.34. The summed E-state index contributed by atoms with van der Waals surface area (Å²) in [6.07, 6.45) is -1.01. The SMILES string of the molecule is COc1ccc(C(=O)N2CCOC(C(=O)O)C2)cc1O. The number of rotatable bonds is 3. The van der Waals surface area contributed by atoms with Crippen LogP contribution in [0.5, 0.6) is 11.5 Å². The molecule has 2 rings (SSSR count). The Hall–Kier alpha value is -2.28. The quantitative estimate of drug-likeness (QED) is 0.828. The van der Waals surface area contributed by atoms with E-state index < -0.39 is 12.1 Å². The topological polar surface area (TPSA) is 96.3 Å². The molecule has 1 heterocycles. The second kappa shape index (κ2) is 5.79. The number of hydrogen-bond donors (Lipinski definition) is 2. The maximum atomic E-state index is 12.2. The molecule has 1 aromatic rings. The normalized spacial score (nSPS) is 18.6. The first kappa shape index (κ1) is 14.1. The molecule has 1 atom stereocenters. The van der Waals surface area contributed by atoms with Crippen molar-refractivity contribution in [1.29, 1.82) is 0 Å². The Bertz CT molecular complexity index is 530. The first-order valence-electron chi connectivity index (χ1n) is 6.03. The van der Waals surface area contributed by atoms with E-state index in [9.17, 15) is 14.7 Å². The molecule has 0 spiro atoms. The number of hydrogen-bond acceptors (Lipinski definition) is 5. The molecule has 1 aromatic carbocycles. The van der Waals surface area contributed by atoms with Crippen LogP contribution in [0, 0.1) is 0 Å². The summed E-state index contributed by atoms with van der Waals surface area (Å²) < 4.78 is 9.95. The fourth-order valence-electron chi connectivity index (χ4n) is 1.99. The molecule has 1 saturated heterocycles.